The van der Waals surface area contributed by atoms with Crippen molar-refractivity contribution < 1.29 is 9.90 Å². The highest BCUT2D eigenvalue weighted by molar-refractivity contribution is 8.00. The molecule has 22 heavy (non-hydrogen) atoms. The molecule has 0 spiro atoms. The molecule has 0 saturated carbocycles. The van der Waals surface area contributed by atoms with Crippen molar-refractivity contribution in [3.63, 3.8) is 0 Å². The Morgan fingerprint density at radius 2 is 2.05 bits per heavy atom. The van der Waals surface area contributed by atoms with E-state index in [1.54, 1.807) is 35.7 Å². The first-order chi connectivity index (χ1) is 10.6. The highest BCUT2D eigenvalue weighted by atomic mass is 32.2. The number of carbonyl (C=O) groups is 1. The van der Waals surface area contributed by atoms with Crippen LogP contribution >= 0.6 is 23.1 Å². The lowest BCUT2D eigenvalue weighted by Gasteiger charge is -2.13. The molecule has 3 rings (SSSR count). The molecule has 0 radical (unpaired) electrons. The first-order valence-corrected chi connectivity index (χ1v) is 8.03. The van der Waals surface area contributed by atoms with E-state index < -0.39 is 11.2 Å². The highest BCUT2D eigenvalue weighted by Crippen LogP contribution is 2.34. The SMILES string of the molecule is Nn1c(SC(C(=O)O)c2ccccc2)nc2ccsc2c1=O. The molecule has 6 nitrogen and oxygen atoms in total. The van der Waals surface area contributed by atoms with Gasteiger partial charge in [0.1, 0.15) is 9.95 Å². The van der Waals surface area contributed by atoms with Crippen molar-refractivity contribution in [3.05, 3.63) is 57.7 Å². The monoisotopic (exact) mass is 333 g/mol. The van der Waals surface area contributed by atoms with E-state index in [1.807, 2.05) is 6.07 Å². The topological polar surface area (TPSA) is 98.2 Å². The number of hydrogen-bond donors (Lipinski definition) is 2. The number of nitrogens with two attached hydrogens (primary N) is 1. The van der Waals surface area contributed by atoms with E-state index in [-0.39, 0.29) is 10.7 Å². The van der Waals surface area contributed by atoms with Crippen molar-refractivity contribution in [2.75, 3.05) is 5.84 Å². The maximum Gasteiger partial charge on any atom is 0.321 e. The molecule has 0 aliphatic rings. The van der Waals surface area contributed by atoms with Gasteiger partial charge in [0.25, 0.3) is 5.56 Å². The van der Waals surface area contributed by atoms with Crippen molar-refractivity contribution in [3.8, 4) is 0 Å². The number of thioether (sulfide) groups is 1. The summed E-state index contributed by atoms with van der Waals surface area (Å²) in [6.07, 6.45) is 0. The fourth-order valence-corrected chi connectivity index (χ4v) is 3.70. The molecule has 3 N–H and O–H groups in total. The van der Waals surface area contributed by atoms with E-state index in [1.165, 1.54) is 11.3 Å². The Hall–Kier alpha value is -2.32. The van der Waals surface area contributed by atoms with Crippen LogP contribution < -0.4 is 11.4 Å². The van der Waals surface area contributed by atoms with Crippen LogP contribution in [0.15, 0.2) is 51.7 Å². The Labute approximate surface area is 133 Å². The van der Waals surface area contributed by atoms with Gasteiger partial charge in [0.05, 0.1) is 5.52 Å². The summed E-state index contributed by atoms with van der Waals surface area (Å²) in [6.45, 7) is 0. The van der Waals surface area contributed by atoms with Crippen molar-refractivity contribution >= 4 is 39.3 Å². The van der Waals surface area contributed by atoms with Crippen molar-refractivity contribution in [2.24, 2.45) is 0 Å². The summed E-state index contributed by atoms with van der Waals surface area (Å²) < 4.78 is 1.36. The predicted octanol–water partition coefficient (Wildman–Crippen LogP) is 2.09. The van der Waals surface area contributed by atoms with E-state index in [9.17, 15) is 14.7 Å². The van der Waals surface area contributed by atoms with Crippen LogP contribution in [0.25, 0.3) is 10.2 Å². The molecule has 3 aromatic rings. The fourth-order valence-electron chi connectivity index (χ4n) is 1.98. The Bertz CT molecular complexity index is 889. The van der Waals surface area contributed by atoms with Crippen LogP contribution in [0.1, 0.15) is 10.8 Å². The van der Waals surface area contributed by atoms with E-state index in [0.29, 0.717) is 15.8 Å². The van der Waals surface area contributed by atoms with Gasteiger partial charge in [0, 0.05) is 0 Å². The predicted molar refractivity (Wildman–Crippen MR) is 86.7 cm³/mol. The summed E-state index contributed by atoms with van der Waals surface area (Å²) in [7, 11) is 0. The van der Waals surface area contributed by atoms with Crippen LogP contribution in [0.2, 0.25) is 0 Å². The normalized spacial score (nSPS) is 12.4. The van der Waals surface area contributed by atoms with Gasteiger partial charge in [0.15, 0.2) is 5.16 Å². The summed E-state index contributed by atoms with van der Waals surface area (Å²) in [5, 5.41) is 10.5. The summed E-state index contributed by atoms with van der Waals surface area (Å²) in [5.41, 5.74) is 0.760. The number of benzene rings is 1. The molecule has 0 fully saturated rings. The molecule has 1 atom stereocenters. The first kappa shape index (κ1) is 14.6. The molecule has 2 aromatic heterocycles. The molecule has 0 aliphatic heterocycles. The highest BCUT2D eigenvalue weighted by Gasteiger charge is 2.24. The van der Waals surface area contributed by atoms with E-state index >= 15 is 0 Å². The van der Waals surface area contributed by atoms with Gasteiger partial charge in [-0.25, -0.2) is 9.66 Å². The van der Waals surface area contributed by atoms with Crippen LogP contribution in [-0.4, -0.2) is 20.7 Å². The largest absolute Gasteiger partial charge is 0.480 e. The molecule has 0 aliphatic carbocycles. The second-order valence-corrected chi connectivity index (χ2v) is 6.44. The average Bonchev–Trinajstić information content (AvgIpc) is 2.98. The summed E-state index contributed by atoms with van der Waals surface area (Å²) >= 11 is 2.20. The number of hydrogen-bond acceptors (Lipinski definition) is 6. The van der Waals surface area contributed by atoms with Gasteiger partial charge in [-0.2, -0.15) is 0 Å². The van der Waals surface area contributed by atoms with Crippen molar-refractivity contribution in [1.82, 2.24) is 9.66 Å². The van der Waals surface area contributed by atoms with E-state index in [4.69, 9.17) is 5.84 Å². The number of carboxylic acids is 1. The zero-order chi connectivity index (χ0) is 15.7. The summed E-state index contributed by atoms with van der Waals surface area (Å²) in [5.74, 6) is 4.75. The molecule has 1 aromatic carbocycles. The minimum absolute atomic E-state index is 0.173. The minimum Gasteiger partial charge on any atom is -0.480 e. The second-order valence-electron chi connectivity index (χ2n) is 4.45. The molecule has 112 valence electrons. The maximum absolute atomic E-state index is 12.1. The van der Waals surface area contributed by atoms with Crippen LogP contribution in [0.5, 0.6) is 0 Å². The minimum atomic E-state index is -1.02. The van der Waals surface area contributed by atoms with Gasteiger partial charge in [-0.15, -0.1) is 11.3 Å². The van der Waals surface area contributed by atoms with Crippen LogP contribution in [-0.2, 0) is 4.79 Å². The molecule has 0 amide bonds. The molecule has 2 heterocycles. The lowest BCUT2D eigenvalue weighted by molar-refractivity contribution is -0.136. The number of aromatic nitrogens is 2. The number of nitrogens with zero attached hydrogens (tertiary/aromatic N) is 2. The lowest BCUT2D eigenvalue weighted by atomic mass is 10.1. The van der Waals surface area contributed by atoms with Crippen LogP contribution in [0.4, 0.5) is 0 Å². The fraction of sp³-hybridized carbons (Fsp3) is 0.0714. The Balaban J connectivity index is 2.05. The number of thiophene rings is 1. The third-order valence-corrected chi connectivity index (χ3v) is 5.13. The molecule has 1 unspecified atom stereocenters. The van der Waals surface area contributed by atoms with Crippen LogP contribution in [0, 0.1) is 0 Å². The number of aliphatic carboxylic acids is 1. The quantitative estimate of drug-likeness (QED) is 0.431. The number of carboxylic acid groups (broad SMARTS) is 1. The standard InChI is InChI=1S/C14H11N3O3S2/c15-17-12(18)11-9(6-7-21-11)16-14(17)22-10(13(19)20)8-4-2-1-3-5-8/h1-7,10H,15H2,(H,19,20). The zero-order valence-electron chi connectivity index (χ0n) is 11.2. The number of rotatable bonds is 4. The molecule has 0 saturated heterocycles. The number of fused-ring (bicyclic) bond motifs is 1. The molecule has 0 bridgehead atoms. The van der Waals surface area contributed by atoms with Crippen molar-refractivity contribution in [2.45, 2.75) is 10.4 Å². The Kier molecular flexibility index (Phi) is 3.86. The average molecular weight is 333 g/mol. The van der Waals surface area contributed by atoms with Gasteiger partial charge in [-0.3, -0.25) is 9.59 Å². The maximum atomic E-state index is 12.1. The van der Waals surface area contributed by atoms with Gasteiger partial charge >= 0.3 is 5.97 Å². The van der Waals surface area contributed by atoms with Gasteiger partial charge in [-0.05, 0) is 17.0 Å². The zero-order valence-corrected chi connectivity index (χ0v) is 12.8. The van der Waals surface area contributed by atoms with E-state index in [2.05, 4.69) is 4.98 Å². The Morgan fingerprint density at radius 1 is 1.32 bits per heavy atom. The van der Waals surface area contributed by atoms with Gasteiger partial charge in [0.2, 0.25) is 0 Å². The summed E-state index contributed by atoms with van der Waals surface area (Å²) in [6, 6.07) is 10.5. The van der Waals surface area contributed by atoms with Crippen molar-refractivity contribution in [1.29, 1.82) is 0 Å². The third-order valence-electron chi connectivity index (χ3n) is 3.03. The van der Waals surface area contributed by atoms with Gasteiger partial charge in [-0.1, -0.05) is 42.1 Å². The second kappa shape index (κ2) is 5.82. The first-order valence-electron chi connectivity index (χ1n) is 6.27. The lowest BCUT2D eigenvalue weighted by Crippen LogP contribution is -2.29. The molecular formula is C14H11N3O3S2. The molecular weight excluding hydrogens is 322 g/mol. The number of nitrogen functional groups attached to an aromatic ring is 1. The van der Waals surface area contributed by atoms with Crippen LogP contribution in [0.3, 0.4) is 0 Å². The molecule has 8 heteroatoms. The summed E-state index contributed by atoms with van der Waals surface area (Å²) in [4.78, 5) is 28.0. The van der Waals surface area contributed by atoms with Gasteiger partial charge < -0.3 is 10.9 Å². The van der Waals surface area contributed by atoms with E-state index in [0.717, 1.165) is 16.4 Å². The smallest absolute Gasteiger partial charge is 0.321 e. The Morgan fingerprint density at radius 3 is 2.73 bits per heavy atom. The third kappa shape index (κ3) is 2.58.